The van der Waals surface area contributed by atoms with E-state index in [0.717, 1.165) is 11.4 Å². The van der Waals surface area contributed by atoms with Gasteiger partial charge in [0.1, 0.15) is 0 Å². The monoisotopic (exact) mass is 877 g/mol. The summed E-state index contributed by atoms with van der Waals surface area (Å²) in [5, 5.41) is 10.3. The molecule has 0 heterocycles. The van der Waals surface area contributed by atoms with E-state index < -0.39 is 5.41 Å². The first-order valence-corrected chi connectivity index (χ1v) is 24.3. The Bertz CT molecular complexity index is 3960. The van der Waals surface area contributed by atoms with E-state index in [1.165, 1.54) is 116 Å². The third-order valence-electron chi connectivity index (χ3n) is 15.7. The van der Waals surface area contributed by atoms with E-state index in [4.69, 9.17) is 0 Å². The fourth-order valence-electron chi connectivity index (χ4n) is 12.8. The summed E-state index contributed by atoms with van der Waals surface area (Å²) in [7, 11) is 0. The minimum Gasteiger partial charge on any atom is -0.309 e. The molecular weight excluding hydrogens is 831 g/mol. The molecule has 12 aromatic carbocycles. The van der Waals surface area contributed by atoms with Gasteiger partial charge in [-0.25, -0.2) is 0 Å². The molecule has 1 heteroatoms. The smallest absolute Gasteiger partial charge is 0.0714 e. The average Bonchev–Trinajstić information content (AvgIpc) is 3.86. The molecule has 0 bridgehead atoms. The van der Waals surface area contributed by atoms with Crippen molar-refractivity contribution in [3.63, 3.8) is 0 Å². The summed E-state index contributed by atoms with van der Waals surface area (Å²) in [6.07, 6.45) is 0. The topological polar surface area (TPSA) is 3.24 Å². The predicted octanol–water partition coefficient (Wildman–Crippen LogP) is 18.1. The molecule has 14 rings (SSSR count). The van der Waals surface area contributed by atoms with Gasteiger partial charge in [-0.1, -0.05) is 232 Å². The average molecular weight is 878 g/mol. The van der Waals surface area contributed by atoms with E-state index in [2.05, 4.69) is 267 Å². The van der Waals surface area contributed by atoms with Crippen LogP contribution in [0.2, 0.25) is 0 Å². The minimum atomic E-state index is -0.536. The lowest BCUT2D eigenvalue weighted by molar-refractivity contribution is 0.666. The summed E-state index contributed by atoms with van der Waals surface area (Å²) >= 11 is 0. The highest BCUT2D eigenvalue weighted by Crippen LogP contribution is 2.62. The van der Waals surface area contributed by atoms with Crippen LogP contribution in [-0.2, 0) is 10.8 Å². The highest BCUT2D eigenvalue weighted by molar-refractivity contribution is 6.25. The van der Waals surface area contributed by atoms with Crippen molar-refractivity contribution in [2.45, 2.75) is 24.7 Å². The van der Waals surface area contributed by atoms with Gasteiger partial charge in [0.05, 0.1) is 16.8 Å². The van der Waals surface area contributed by atoms with Gasteiger partial charge in [0.15, 0.2) is 0 Å². The molecule has 2 aliphatic rings. The van der Waals surface area contributed by atoms with Crippen LogP contribution in [0.25, 0.3) is 76.5 Å². The van der Waals surface area contributed by atoms with Crippen molar-refractivity contribution in [1.29, 1.82) is 0 Å². The fraction of sp³-hybridized carbons (Fsp3) is 0.0588. The lowest BCUT2D eigenvalue weighted by Gasteiger charge is -2.35. The molecule has 0 fully saturated rings. The summed E-state index contributed by atoms with van der Waals surface area (Å²) in [6, 6.07) is 93.1. The molecule has 12 aromatic rings. The molecule has 2 aliphatic carbocycles. The molecule has 0 saturated heterocycles. The lowest BCUT2D eigenvalue weighted by Crippen LogP contribution is -2.28. The first-order chi connectivity index (χ1) is 34.0. The Morgan fingerprint density at radius 2 is 0.812 bits per heavy atom. The van der Waals surface area contributed by atoms with Crippen molar-refractivity contribution in [2.75, 3.05) is 4.90 Å². The molecule has 0 atom stereocenters. The fourth-order valence-corrected chi connectivity index (χ4v) is 12.8. The molecule has 0 spiro atoms. The maximum Gasteiger partial charge on any atom is 0.0714 e. The van der Waals surface area contributed by atoms with Crippen molar-refractivity contribution in [2.24, 2.45) is 0 Å². The van der Waals surface area contributed by atoms with Gasteiger partial charge >= 0.3 is 0 Å². The summed E-state index contributed by atoms with van der Waals surface area (Å²) in [5.41, 5.74) is 18.0. The first kappa shape index (κ1) is 39.6. The Labute approximate surface area is 403 Å². The normalized spacial score (nSPS) is 13.9. The molecule has 1 nitrogen and oxygen atoms in total. The first-order valence-electron chi connectivity index (χ1n) is 24.3. The maximum atomic E-state index is 2.59. The molecule has 324 valence electrons. The van der Waals surface area contributed by atoms with Crippen LogP contribution in [0.4, 0.5) is 17.1 Å². The number of nitrogens with zero attached hydrogens (tertiary/aromatic N) is 1. The maximum absolute atomic E-state index is 2.59. The molecule has 0 saturated carbocycles. The van der Waals surface area contributed by atoms with Crippen LogP contribution in [-0.4, -0.2) is 0 Å². The second-order valence-corrected chi connectivity index (χ2v) is 19.5. The highest BCUT2D eigenvalue weighted by Gasteiger charge is 2.48. The van der Waals surface area contributed by atoms with Crippen molar-refractivity contribution in [3.8, 4) is 33.4 Å². The summed E-state index contributed by atoms with van der Waals surface area (Å²) in [5.74, 6) is 0. The minimum absolute atomic E-state index is 0.219. The van der Waals surface area contributed by atoms with Crippen molar-refractivity contribution < 1.29 is 0 Å². The van der Waals surface area contributed by atoms with Gasteiger partial charge in [-0.2, -0.15) is 0 Å². The van der Waals surface area contributed by atoms with Crippen LogP contribution in [0.3, 0.4) is 0 Å². The third-order valence-corrected chi connectivity index (χ3v) is 15.7. The van der Waals surface area contributed by atoms with E-state index in [0.29, 0.717) is 0 Å². The SMILES string of the molecule is CC1(C)c2ccccc2-c2c(N(c3ccc(-c4ccc5c6ccccc6c6ccccc6c5c4)cc3)c3cccc4c3-c3ccccc3C4(c3ccccc3)c3ccccc3)cc3ccccc3c21. The van der Waals surface area contributed by atoms with E-state index in [9.17, 15) is 0 Å². The van der Waals surface area contributed by atoms with Gasteiger partial charge in [0.2, 0.25) is 0 Å². The Hall–Kier alpha value is -8.52. The zero-order chi connectivity index (χ0) is 45.8. The number of benzene rings is 12. The number of hydrogen-bond acceptors (Lipinski definition) is 1. The predicted molar refractivity (Wildman–Crippen MR) is 291 cm³/mol. The molecule has 0 N–H and O–H groups in total. The van der Waals surface area contributed by atoms with Gasteiger partial charge in [0.25, 0.3) is 0 Å². The van der Waals surface area contributed by atoms with E-state index in [-0.39, 0.29) is 5.41 Å². The van der Waals surface area contributed by atoms with Gasteiger partial charge in [0, 0.05) is 22.2 Å². The molecule has 0 radical (unpaired) electrons. The number of hydrogen-bond donors (Lipinski definition) is 0. The zero-order valence-corrected chi connectivity index (χ0v) is 38.6. The molecule has 0 unspecified atom stereocenters. The van der Waals surface area contributed by atoms with Crippen molar-refractivity contribution >= 4 is 60.2 Å². The summed E-state index contributed by atoms with van der Waals surface area (Å²) in [6.45, 7) is 4.82. The Balaban J connectivity index is 1.05. The molecule has 69 heavy (non-hydrogen) atoms. The van der Waals surface area contributed by atoms with Gasteiger partial charge in [-0.05, 0) is 129 Å². The quantitative estimate of drug-likeness (QED) is 0.150. The van der Waals surface area contributed by atoms with Crippen LogP contribution in [0.15, 0.2) is 249 Å². The summed E-state index contributed by atoms with van der Waals surface area (Å²) in [4.78, 5) is 2.59. The highest BCUT2D eigenvalue weighted by atomic mass is 15.1. The van der Waals surface area contributed by atoms with Gasteiger partial charge in [-0.15, -0.1) is 0 Å². The van der Waals surface area contributed by atoms with E-state index in [1.54, 1.807) is 0 Å². The Morgan fingerprint density at radius 3 is 1.46 bits per heavy atom. The number of rotatable bonds is 6. The molecule has 0 aliphatic heterocycles. The van der Waals surface area contributed by atoms with Crippen molar-refractivity contribution in [1.82, 2.24) is 0 Å². The van der Waals surface area contributed by atoms with E-state index >= 15 is 0 Å². The van der Waals surface area contributed by atoms with Crippen LogP contribution >= 0.6 is 0 Å². The van der Waals surface area contributed by atoms with Crippen LogP contribution in [0, 0.1) is 0 Å². The van der Waals surface area contributed by atoms with E-state index in [1.807, 2.05) is 0 Å². The summed E-state index contributed by atoms with van der Waals surface area (Å²) < 4.78 is 0. The largest absolute Gasteiger partial charge is 0.309 e. The van der Waals surface area contributed by atoms with Crippen LogP contribution in [0.1, 0.15) is 47.2 Å². The second kappa shape index (κ2) is 15.0. The molecule has 0 aromatic heterocycles. The standard InChI is InChI=1S/C68H47N/c1-67(2)59-32-17-15-30-56(59)65-63(43-46-20-9-10-25-50(46)66(65)67)69(49-39-36-44(37-40-49)45-38-41-55-53-28-12-11-26-51(53)52-27-13-14-29-54(52)58(55)42-45)62-35-19-34-61-64(62)57-31-16-18-33-60(57)68(61,47-21-5-3-6-22-47)48-23-7-4-8-24-48/h3-43H,1-2H3. The van der Waals surface area contributed by atoms with Crippen molar-refractivity contribution in [3.05, 3.63) is 282 Å². The third kappa shape index (κ3) is 5.59. The number of fused-ring (bicyclic) bond motifs is 14. The van der Waals surface area contributed by atoms with Crippen LogP contribution < -0.4 is 4.90 Å². The molecule has 0 amide bonds. The van der Waals surface area contributed by atoms with Crippen LogP contribution in [0.5, 0.6) is 0 Å². The van der Waals surface area contributed by atoms with Gasteiger partial charge < -0.3 is 4.90 Å². The lowest BCUT2D eigenvalue weighted by atomic mass is 9.68. The number of anilines is 3. The Morgan fingerprint density at radius 1 is 0.319 bits per heavy atom. The van der Waals surface area contributed by atoms with Gasteiger partial charge in [-0.3, -0.25) is 0 Å². The zero-order valence-electron chi connectivity index (χ0n) is 38.6. The molecular formula is C68H47N. The Kier molecular flexibility index (Phi) is 8.61. The second-order valence-electron chi connectivity index (χ2n) is 19.5.